The first-order valence-electron chi connectivity index (χ1n) is 8.38. The second-order valence-electron chi connectivity index (χ2n) is 6.14. The minimum Gasteiger partial charge on any atom is -0.385 e. The van der Waals surface area contributed by atoms with Gasteiger partial charge in [-0.15, -0.1) is 0 Å². The third kappa shape index (κ3) is 5.27. The molecular formula is C19H23FN2O4S. The Morgan fingerprint density at radius 1 is 1.22 bits per heavy atom. The number of carbonyl (C=O) groups excluding carboxylic acids is 1. The zero-order chi connectivity index (χ0) is 20.0. The predicted octanol–water partition coefficient (Wildman–Crippen LogP) is 3.04. The number of hydrogen-bond donors (Lipinski definition) is 1. The Labute approximate surface area is 159 Å². The zero-order valence-electron chi connectivity index (χ0n) is 15.5. The van der Waals surface area contributed by atoms with Crippen molar-refractivity contribution in [2.75, 3.05) is 32.0 Å². The molecule has 0 aliphatic carbocycles. The normalized spacial score (nSPS) is 11.3. The minimum absolute atomic E-state index is 0.106. The van der Waals surface area contributed by atoms with Crippen LogP contribution in [0.3, 0.4) is 0 Å². The molecule has 0 aliphatic heterocycles. The SMILES string of the molecule is COCCCN(C)C(=O)c1cc(S(=O)(=O)Nc2ccccc2F)ccc1C. The fourth-order valence-corrected chi connectivity index (χ4v) is 3.59. The first-order valence-corrected chi connectivity index (χ1v) is 9.87. The topological polar surface area (TPSA) is 75.7 Å². The van der Waals surface area contributed by atoms with Gasteiger partial charge in [-0.3, -0.25) is 9.52 Å². The largest absolute Gasteiger partial charge is 0.385 e. The molecule has 2 aromatic rings. The van der Waals surface area contributed by atoms with Crippen molar-refractivity contribution in [1.29, 1.82) is 0 Å². The van der Waals surface area contributed by atoms with E-state index in [1.54, 1.807) is 27.1 Å². The smallest absolute Gasteiger partial charge is 0.262 e. The number of nitrogens with zero attached hydrogens (tertiary/aromatic N) is 1. The van der Waals surface area contributed by atoms with Crippen LogP contribution in [-0.4, -0.2) is 46.5 Å². The van der Waals surface area contributed by atoms with Crippen LogP contribution in [-0.2, 0) is 14.8 Å². The highest BCUT2D eigenvalue weighted by molar-refractivity contribution is 7.92. The number of carbonyl (C=O) groups is 1. The molecule has 0 heterocycles. The van der Waals surface area contributed by atoms with Gasteiger partial charge in [0.2, 0.25) is 0 Å². The molecule has 0 saturated carbocycles. The minimum atomic E-state index is -4.04. The highest BCUT2D eigenvalue weighted by Crippen LogP contribution is 2.21. The van der Waals surface area contributed by atoms with E-state index in [-0.39, 0.29) is 22.1 Å². The van der Waals surface area contributed by atoms with E-state index in [2.05, 4.69) is 4.72 Å². The average molecular weight is 394 g/mol. The molecule has 0 aromatic heterocycles. The van der Waals surface area contributed by atoms with E-state index in [0.29, 0.717) is 25.1 Å². The molecule has 0 bridgehead atoms. The molecule has 2 aromatic carbocycles. The molecule has 27 heavy (non-hydrogen) atoms. The maximum Gasteiger partial charge on any atom is 0.262 e. The van der Waals surface area contributed by atoms with E-state index in [9.17, 15) is 17.6 Å². The Morgan fingerprint density at radius 3 is 2.59 bits per heavy atom. The summed E-state index contributed by atoms with van der Waals surface area (Å²) in [7, 11) is -0.801. The second kappa shape index (κ2) is 8.96. The van der Waals surface area contributed by atoms with Crippen LogP contribution in [0.4, 0.5) is 10.1 Å². The molecule has 0 radical (unpaired) electrons. The Bertz CT molecular complexity index is 916. The fraction of sp³-hybridized carbons (Fsp3) is 0.316. The third-order valence-corrected chi connectivity index (χ3v) is 5.42. The molecule has 146 valence electrons. The van der Waals surface area contributed by atoms with Crippen molar-refractivity contribution in [2.24, 2.45) is 0 Å². The lowest BCUT2D eigenvalue weighted by molar-refractivity contribution is 0.0778. The first-order chi connectivity index (χ1) is 12.8. The maximum absolute atomic E-state index is 13.8. The Kier molecular flexibility index (Phi) is 6.92. The lowest BCUT2D eigenvalue weighted by atomic mass is 10.1. The van der Waals surface area contributed by atoms with Crippen LogP contribution in [0.15, 0.2) is 47.4 Å². The van der Waals surface area contributed by atoms with Gasteiger partial charge in [-0.2, -0.15) is 0 Å². The number of halogens is 1. The molecule has 1 N–H and O–H groups in total. The van der Waals surface area contributed by atoms with E-state index in [1.165, 1.54) is 35.2 Å². The van der Waals surface area contributed by atoms with Crippen molar-refractivity contribution in [1.82, 2.24) is 4.90 Å². The lowest BCUT2D eigenvalue weighted by Crippen LogP contribution is -2.29. The highest BCUT2D eigenvalue weighted by Gasteiger charge is 2.21. The summed E-state index contributed by atoms with van der Waals surface area (Å²) in [5, 5.41) is 0. The molecule has 0 aliphatic rings. The zero-order valence-corrected chi connectivity index (χ0v) is 16.3. The van der Waals surface area contributed by atoms with Gasteiger partial charge in [-0.05, 0) is 43.2 Å². The van der Waals surface area contributed by atoms with E-state index >= 15 is 0 Å². The molecule has 0 saturated heterocycles. The summed E-state index contributed by atoms with van der Waals surface area (Å²) in [6, 6.07) is 9.75. The molecule has 0 fully saturated rings. The number of aryl methyl sites for hydroxylation is 1. The molecule has 2 rings (SSSR count). The summed E-state index contributed by atoms with van der Waals surface area (Å²) < 4.78 is 46.2. The molecule has 0 atom stereocenters. The number of rotatable bonds is 8. The Hall–Kier alpha value is -2.45. The fourth-order valence-electron chi connectivity index (χ4n) is 2.50. The van der Waals surface area contributed by atoms with Crippen molar-refractivity contribution in [3.8, 4) is 0 Å². The standard InChI is InChI=1S/C19H23FN2O4S/c1-14-9-10-15(13-16(14)19(23)22(2)11-6-12-26-3)27(24,25)21-18-8-5-4-7-17(18)20/h4-5,7-10,13,21H,6,11-12H2,1-3H3. The summed E-state index contributed by atoms with van der Waals surface area (Å²) in [6.45, 7) is 2.74. The monoisotopic (exact) mass is 394 g/mol. The van der Waals surface area contributed by atoms with Crippen molar-refractivity contribution >= 4 is 21.6 Å². The van der Waals surface area contributed by atoms with Crippen molar-refractivity contribution in [2.45, 2.75) is 18.2 Å². The van der Waals surface area contributed by atoms with Gasteiger partial charge in [-0.25, -0.2) is 12.8 Å². The van der Waals surface area contributed by atoms with Gasteiger partial charge in [-0.1, -0.05) is 18.2 Å². The molecule has 8 heteroatoms. The number of hydrogen-bond acceptors (Lipinski definition) is 4. The van der Waals surface area contributed by atoms with Crippen molar-refractivity contribution in [3.05, 3.63) is 59.4 Å². The van der Waals surface area contributed by atoms with Crippen molar-refractivity contribution in [3.63, 3.8) is 0 Å². The van der Waals surface area contributed by atoms with Gasteiger partial charge in [0, 0.05) is 32.9 Å². The predicted molar refractivity (Wildman–Crippen MR) is 102 cm³/mol. The van der Waals surface area contributed by atoms with Gasteiger partial charge in [0.05, 0.1) is 10.6 Å². The lowest BCUT2D eigenvalue weighted by Gasteiger charge is -2.19. The highest BCUT2D eigenvalue weighted by atomic mass is 32.2. The van der Waals surface area contributed by atoms with E-state index in [1.807, 2.05) is 0 Å². The molecular weight excluding hydrogens is 371 g/mol. The van der Waals surface area contributed by atoms with Crippen LogP contribution in [0.1, 0.15) is 22.3 Å². The second-order valence-corrected chi connectivity index (χ2v) is 7.82. The van der Waals surface area contributed by atoms with Crippen LogP contribution >= 0.6 is 0 Å². The summed E-state index contributed by atoms with van der Waals surface area (Å²) in [5.41, 5.74) is 0.789. The van der Waals surface area contributed by atoms with Crippen molar-refractivity contribution < 1.29 is 22.3 Å². The van der Waals surface area contributed by atoms with Crippen LogP contribution < -0.4 is 4.72 Å². The first kappa shape index (κ1) is 20.9. The van der Waals surface area contributed by atoms with E-state index in [0.717, 1.165) is 6.07 Å². The molecule has 1 amide bonds. The number of ether oxygens (including phenoxy) is 1. The summed E-state index contributed by atoms with van der Waals surface area (Å²) in [6.07, 6.45) is 0.671. The summed E-state index contributed by atoms with van der Waals surface area (Å²) in [4.78, 5) is 14.1. The number of para-hydroxylation sites is 1. The molecule has 6 nitrogen and oxygen atoms in total. The number of sulfonamides is 1. The number of nitrogens with one attached hydrogen (secondary N) is 1. The van der Waals surface area contributed by atoms with Gasteiger partial charge < -0.3 is 9.64 Å². The van der Waals surface area contributed by atoms with Crippen LogP contribution in [0.25, 0.3) is 0 Å². The third-order valence-electron chi connectivity index (χ3n) is 4.06. The van der Waals surface area contributed by atoms with Gasteiger partial charge in [0.25, 0.3) is 15.9 Å². The van der Waals surface area contributed by atoms with Gasteiger partial charge >= 0.3 is 0 Å². The Morgan fingerprint density at radius 2 is 1.93 bits per heavy atom. The average Bonchev–Trinajstić information content (AvgIpc) is 2.63. The van der Waals surface area contributed by atoms with E-state index < -0.39 is 15.8 Å². The van der Waals surface area contributed by atoms with Crippen LogP contribution in [0, 0.1) is 12.7 Å². The van der Waals surface area contributed by atoms with Crippen LogP contribution in [0.2, 0.25) is 0 Å². The Balaban J connectivity index is 2.28. The summed E-state index contributed by atoms with van der Waals surface area (Å²) in [5.74, 6) is -0.964. The number of benzene rings is 2. The van der Waals surface area contributed by atoms with Gasteiger partial charge in [0.15, 0.2) is 0 Å². The summed E-state index contributed by atoms with van der Waals surface area (Å²) >= 11 is 0. The number of methoxy groups -OCH3 is 1. The van der Waals surface area contributed by atoms with E-state index in [4.69, 9.17) is 4.74 Å². The number of amides is 1. The van der Waals surface area contributed by atoms with Crippen LogP contribution in [0.5, 0.6) is 0 Å². The molecule has 0 spiro atoms. The number of anilines is 1. The van der Waals surface area contributed by atoms with Gasteiger partial charge in [0.1, 0.15) is 5.82 Å². The maximum atomic E-state index is 13.8. The quantitative estimate of drug-likeness (QED) is 0.699. The molecule has 0 unspecified atom stereocenters.